The van der Waals surface area contributed by atoms with Gasteiger partial charge in [0, 0.05) is 54.6 Å². The van der Waals surface area contributed by atoms with Gasteiger partial charge in [-0.15, -0.1) is 0 Å². The predicted octanol–water partition coefficient (Wildman–Crippen LogP) is 3.17. The van der Waals surface area contributed by atoms with Crippen molar-refractivity contribution in [2.24, 2.45) is 0 Å². The van der Waals surface area contributed by atoms with Crippen LogP contribution in [0.2, 0.25) is 0 Å². The molecule has 0 atom stereocenters. The van der Waals surface area contributed by atoms with E-state index in [2.05, 4.69) is 0 Å². The Kier molecular flexibility index (Phi) is 5.74. The van der Waals surface area contributed by atoms with E-state index in [4.69, 9.17) is 0 Å². The first-order valence-corrected chi connectivity index (χ1v) is 11.9. The summed E-state index contributed by atoms with van der Waals surface area (Å²) in [6, 6.07) is 11.2. The lowest BCUT2D eigenvalue weighted by atomic mass is 10.2. The van der Waals surface area contributed by atoms with E-state index in [1.807, 2.05) is 0 Å². The van der Waals surface area contributed by atoms with Crippen LogP contribution in [0.3, 0.4) is 0 Å². The summed E-state index contributed by atoms with van der Waals surface area (Å²) in [5, 5.41) is 11.7. The summed E-state index contributed by atoms with van der Waals surface area (Å²) in [5.41, 5.74) is 2.30. The minimum Gasteiger partial charge on any atom is -0.338 e. The molecule has 0 unspecified atom stereocenters. The molecule has 2 aromatic carbocycles. The fraction of sp³-hybridized carbons (Fsp3) is 0.318. The molecule has 4 rings (SSSR count). The SMILES string of the molecule is CCN(CC)S(=O)(=O)c1ccc2c(c1)CCN2C(=O)Cn1ccc2cc([N+](=O)[O-])ccc21. The molecular weight excluding hydrogens is 432 g/mol. The average Bonchev–Trinajstić information content (AvgIpc) is 3.37. The van der Waals surface area contributed by atoms with Crippen LogP contribution >= 0.6 is 0 Å². The summed E-state index contributed by atoms with van der Waals surface area (Å²) in [4.78, 5) is 25.5. The van der Waals surface area contributed by atoms with Gasteiger partial charge in [0.2, 0.25) is 15.9 Å². The minimum atomic E-state index is -3.56. The number of nitro groups is 1. The number of anilines is 1. The number of hydrogen-bond acceptors (Lipinski definition) is 5. The molecule has 2 heterocycles. The number of rotatable bonds is 7. The van der Waals surface area contributed by atoms with Gasteiger partial charge in [0.25, 0.3) is 5.69 Å². The number of amides is 1. The van der Waals surface area contributed by atoms with Crippen LogP contribution < -0.4 is 4.90 Å². The maximum atomic E-state index is 13.0. The molecule has 3 aromatic rings. The van der Waals surface area contributed by atoms with Crippen molar-refractivity contribution in [1.29, 1.82) is 0 Å². The summed E-state index contributed by atoms with van der Waals surface area (Å²) >= 11 is 0. The highest BCUT2D eigenvalue weighted by Gasteiger charge is 2.28. The zero-order valence-electron chi connectivity index (χ0n) is 17.9. The molecule has 0 saturated heterocycles. The largest absolute Gasteiger partial charge is 0.338 e. The first-order chi connectivity index (χ1) is 15.3. The highest BCUT2D eigenvalue weighted by atomic mass is 32.2. The van der Waals surface area contributed by atoms with Gasteiger partial charge in [0.15, 0.2) is 0 Å². The maximum absolute atomic E-state index is 13.0. The van der Waals surface area contributed by atoms with Crippen LogP contribution in [-0.2, 0) is 27.8 Å². The minimum absolute atomic E-state index is 0.00511. The van der Waals surface area contributed by atoms with E-state index < -0.39 is 14.9 Å². The molecule has 10 heteroatoms. The molecule has 0 spiro atoms. The van der Waals surface area contributed by atoms with Gasteiger partial charge in [-0.1, -0.05) is 13.8 Å². The molecule has 1 amide bonds. The lowest BCUT2D eigenvalue weighted by Gasteiger charge is -2.20. The van der Waals surface area contributed by atoms with E-state index in [1.165, 1.54) is 16.4 Å². The Labute approximate surface area is 186 Å². The molecule has 0 bridgehead atoms. The summed E-state index contributed by atoms with van der Waals surface area (Å²) in [7, 11) is -3.56. The van der Waals surface area contributed by atoms with Crippen molar-refractivity contribution in [1.82, 2.24) is 8.87 Å². The number of nitrogens with zero attached hydrogens (tertiary/aromatic N) is 4. The third-order valence-electron chi connectivity index (χ3n) is 5.86. The predicted molar refractivity (Wildman–Crippen MR) is 121 cm³/mol. The summed E-state index contributed by atoms with van der Waals surface area (Å²) in [5.74, 6) is -0.126. The Morgan fingerprint density at radius 1 is 1.12 bits per heavy atom. The van der Waals surface area contributed by atoms with Gasteiger partial charge >= 0.3 is 0 Å². The van der Waals surface area contributed by atoms with Crippen LogP contribution in [0, 0.1) is 10.1 Å². The first kappa shape index (κ1) is 22.0. The van der Waals surface area contributed by atoms with E-state index in [1.54, 1.807) is 59.8 Å². The van der Waals surface area contributed by atoms with Crippen LogP contribution in [0.4, 0.5) is 11.4 Å². The number of fused-ring (bicyclic) bond motifs is 2. The number of hydrogen-bond donors (Lipinski definition) is 0. The molecule has 1 aliphatic rings. The van der Waals surface area contributed by atoms with Gasteiger partial charge in [0.05, 0.1) is 9.82 Å². The van der Waals surface area contributed by atoms with Crippen LogP contribution in [0.15, 0.2) is 53.6 Å². The third-order valence-corrected chi connectivity index (χ3v) is 7.91. The van der Waals surface area contributed by atoms with Gasteiger partial charge in [0.1, 0.15) is 6.54 Å². The summed E-state index contributed by atoms with van der Waals surface area (Å²) in [6.07, 6.45) is 2.32. The monoisotopic (exact) mass is 456 g/mol. The molecule has 0 saturated carbocycles. The maximum Gasteiger partial charge on any atom is 0.270 e. The molecular formula is C22H24N4O5S. The first-order valence-electron chi connectivity index (χ1n) is 10.4. The second kappa shape index (κ2) is 8.36. The highest BCUT2D eigenvalue weighted by Crippen LogP contribution is 2.32. The average molecular weight is 457 g/mol. The Morgan fingerprint density at radius 3 is 2.56 bits per heavy atom. The highest BCUT2D eigenvalue weighted by molar-refractivity contribution is 7.89. The van der Waals surface area contributed by atoms with Crippen molar-refractivity contribution < 1.29 is 18.1 Å². The van der Waals surface area contributed by atoms with Crippen molar-refractivity contribution in [3.05, 3.63) is 64.3 Å². The van der Waals surface area contributed by atoms with Crippen molar-refractivity contribution in [3.8, 4) is 0 Å². The van der Waals surface area contributed by atoms with E-state index >= 15 is 0 Å². The van der Waals surface area contributed by atoms with E-state index in [0.717, 1.165) is 16.8 Å². The van der Waals surface area contributed by atoms with Crippen LogP contribution in [0.1, 0.15) is 19.4 Å². The van der Waals surface area contributed by atoms with Gasteiger partial charge in [-0.25, -0.2) is 8.42 Å². The van der Waals surface area contributed by atoms with Crippen LogP contribution in [0.25, 0.3) is 10.9 Å². The van der Waals surface area contributed by atoms with Gasteiger partial charge in [-0.05, 0) is 42.3 Å². The van der Waals surface area contributed by atoms with Crippen molar-refractivity contribution >= 4 is 38.2 Å². The van der Waals surface area contributed by atoms with Crippen molar-refractivity contribution in [2.75, 3.05) is 24.5 Å². The van der Waals surface area contributed by atoms with Crippen LogP contribution in [0.5, 0.6) is 0 Å². The number of carbonyl (C=O) groups is 1. The molecule has 0 radical (unpaired) electrons. The third kappa shape index (κ3) is 3.76. The Morgan fingerprint density at radius 2 is 1.88 bits per heavy atom. The molecule has 0 N–H and O–H groups in total. The lowest BCUT2D eigenvalue weighted by molar-refractivity contribution is -0.384. The Balaban J connectivity index is 1.57. The molecule has 0 fully saturated rings. The normalized spacial score (nSPS) is 13.7. The zero-order valence-corrected chi connectivity index (χ0v) is 18.7. The second-order valence-electron chi connectivity index (χ2n) is 7.62. The molecule has 168 valence electrons. The number of aromatic nitrogens is 1. The van der Waals surface area contributed by atoms with Gasteiger partial charge in [-0.3, -0.25) is 14.9 Å². The molecule has 1 aliphatic heterocycles. The number of non-ortho nitro benzene ring substituents is 1. The lowest BCUT2D eigenvalue weighted by Crippen LogP contribution is -2.32. The fourth-order valence-electron chi connectivity index (χ4n) is 4.18. The topological polar surface area (TPSA) is 106 Å². The quantitative estimate of drug-likeness (QED) is 0.401. The number of carbonyl (C=O) groups excluding carboxylic acids is 1. The molecule has 32 heavy (non-hydrogen) atoms. The number of sulfonamides is 1. The van der Waals surface area contributed by atoms with Gasteiger partial charge in [-0.2, -0.15) is 4.31 Å². The van der Waals surface area contributed by atoms with E-state index in [0.29, 0.717) is 31.4 Å². The second-order valence-corrected chi connectivity index (χ2v) is 9.56. The smallest absolute Gasteiger partial charge is 0.270 e. The summed E-state index contributed by atoms with van der Waals surface area (Å²) < 4.78 is 28.8. The Hall–Kier alpha value is -3.24. The van der Waals surface area contributed by atoms with E-state index in [-0.39, 0.29) is 23.0 Å². The number of benzene rings is 2. The van der Waals surface area contributed by atoms with Gasteiger partial charge < -0.3 is 9.47 Å². The van der Waals surface area contributed by atoms with Crippen molar-refractivity contribution in [3.63, 3.8) is 0 Å². The molecule has 9 nitrogen and oxygen atoms in total. The zero-order chi connectivity index (χ0) is 23.0. The summed E-state index contributed by atoms with van der Waals surface area (Å²) in [6.45, 7) is 4.97. The molecule has 1 aromatic heterocycles. The van der Waals surface area contributed by atoms with Crippen LogP contribution in [-0.4, -0.2) is 47.8 Å². The Bertz CT molecular complexity index is 1310. The van der Waals surface area contributed by atoms with E-state index in [9.17, 15) is 23.3 Å². The number of nitro benzene ring substituents is 1. The fourth-order valence-corrected chi connectivity index (χ4v) is 5.69. The standard InChI is InChI=1S/C22H24N4O5S/c1-3-24(4-2)32(30,31)19-6-8-21-17(14-19)10-12-25(21)22(27)15-23-11-9-16-13-18(26(28)29)5-7-20(16)23/h5-9,11,13-14H,3-4,10,12,15H2,1-2H3. The molecule has 0 aliphatic carbocycles. The van der Waals surface area contributed by atoms with Crippen molar-refractivity contribution in [2.45, 2.75) is 31.7 Å².